The molecule has 2 N–H and O–H groups in total. The smallest absolute Gasteiger partial charge is 0.386 e. The number of carbonyl (C=O) groups is 1. The highest BCUT2D eigenvalue weighted by Crippen LogP contribution is 2.36. The summed E-state index contributed by atoms with van der Waals surface area (Å²) >= 11 is 0.367. The minimum atomic E-state index is -4.61. The van der Waals surface area contributed by atoms with Gasteiger partial charge in [0.1, 0.15) is 5.69 Å². The van der Waals surface area contributed by atoms with Gasteiger partial charge in [-0.15, -0.1) is 11.3 Å². The summed E-state index contributed by atoms with van der Waals surface area (Å²) in [6.45, 7) is 5.41. The molecule has 1 aromatic carbocycles. The Balaban J connectivity index is 1.66. The van der Waals surface area contributed by atoms with Crippen molar-refractivity contribution in [1.82, 2.24) is 14.8 Å². The molecular weight excluding hydrogens is 441 g/mol. The van der Waals surface area contributed by atoms with Gasteiger partial charge in [0, 0.05) is 28.2 Å². The molecule has 4 rings (SSSR count). The van der Waals surface area contributed by atoms with Crippen LogP contribution in [0.1, 0.15) is 73.6 Å². The van der Waals surface area contributed by atoms with Crippen molar-refractivity contribution in [3.05, 3.63) is 40.0 Å². The van der Waals surface area contributed by atoms with Gasteiger partial charge in [-0.3, -0.25) is 9.48 Å². The number of aliphatic hydroxyl groups is 1. The Morgan fingerprint density at radius 2 is 1.91 bits per heavy atom. The van der Waals surface area contributed by atoms with Crippen LogP contribution in [-0.4, -0.2) is 25.8 Å². The summed E-state index contributed by atoms with van der Waals surface area (Å²) in [7, 11) is 0. The molecule has 2 aromatic heterocycles. The molecule has 2 heterocycles. The number of nitrogens with one attached hydrogen (secondary N) is 1. The number of hydrogen-bond donors (Lipinski definition) is 2. The van der Waals surface area contributed by atoms with Crippen molar-refractivity contribution in [2.75, 3.05) is 5.32 Å². The molecule has 0 saturated heterocycles. The van der Waals surface area contributed by atoms with E-state index < -0.39 is 22.7 Å². The molecule has 10 heteroatoms. The molecule has 1 amide bonds. The van der Waals surface area contributed by atoms with E-state index in [9.17, 15) is 23.1 Å². The summed E-state index contributed by atoms with van der Waals surface area (Å²) in [5, 5.41) is 18.8. The lowest BCUT2D eigenvalue weighted by Gasteiger charge is -2.26. The number of anilines is 1. The molecule has 3 aromatic rings. The quantitative estimate of drug-likeness (QED) is 0.514. The van der Waals surface area contributed by atoms with E-state index in [4.69, 9.17) is 5.10 Å². The van der Waals surface area contributed by atoms with Crippen LogP contribution in [0.2, 0.25) is 0 Å². The lowest BCUT2D eigenvalue weighted by Crippen LogP contribution is -2.21. The largest absolute Gasteiger partial charge is 0.443 e. The monoisotopic (exact) mass is 466 g/mol. The molecule has 1 aliphatic carbocycles. The number of aromatic nitrogens is 3. The van der Waals surface area contributed by atoms with Gasteiger partial charge in [0.2, 0.25) is 0 Å². The summed E-state index contributed by atoms with van der Waals surface area (Å²) in [6, 6.07) is 3.72. The van der Waals surface area contributed by atoms with Crippen molar-refractivity contribution in [1.29, 1.82) is 0 Å². The summed E-state index contributed by atoms with van der Waals surface area (Å²) in [6.07, 6.45) is 1.69. The standard InChI is InChI=1S/C22H25F3N4O2S/c1-12-4-6-14(7-5-12)29-10-13-8-17(15(21(2,3)31)9-16(13)28-29)26-19(30)18-11-32-20(27-18)22(23,24)25/h8-12,14,31H,4-7H2,1-3H3,(H,26,30)/t12-,14-. The third-order valence-corrected chi connectivity index (χ3v) is 6.79. The molecule has 0 bridgehead atoms. The van der Waals surface area contributed by atoms with Crippen LogP contribution in [-0.2, 0) is 11.8 Å². The minimum Gasteiger partial charge on any atom is -0.386 e. The third-order valence-electron chi connectivity index (χ3n) is 5.91. The Labute approximate surface area is 187 Å². The second-order valence-corrected chi connectivity index (χ2v) is 9.89. The van der Waals surface area contributed by atoms with Crippen molar-refractivity contribution in [2.45, 2.75) is 64.3 Å². The predicted molar refractivity (Wildman–Crippen MR) is 117 cm³/mol. The fourth-order valence-electron chi connectivity index (χ4n) is 4.09. The van der Waals surface area contributed by atoms with E-state index >= 15 is 0 Å². The Bertz CT molecular complexity index is 1140. The number of thiazole rings is 1. The number of hydrogen-bond acceptors (Lipinski definition) is 5. The zero-order valence-corrected chi connectivity index (χ0v) is 18.8. The van der Waals surface area contributed by atoms with Gasteiger partial charge in [0.05, 0.1) is 17.2 Å². The van der Waals surface area contributed by atoms with Gasteiger partial charge in [-0.2, -0.15) is 18.3 Å². The van der Waals surface area contributed by atoms with Crippen molar-refractivity contribution in [2.24, 2.45) is 5.92 Å². The number of alkyl halides is 3. The highest BCUT2D eigenvalue weighted by atomic mass is 32.1. The van der Waals surface area contributed by atoms with Crippen LogP contribution in [0.4, 0.5) is 18.9 Å². The number of benzene rings is 1. The highest BCUT2D eigenvalue weighted by Gasteiger charge is 2.35. The number of nitrogens with zero attached hydrogens (tertiary/aromatic N) is 3. The normalized spacial score (nSPS) is 20.0. The molecule has 0 aliphatic heterocycles. The van der Waals surface area contributed by atoms with E-state index in [-0.39, 0.29) is 5.69 Å². The molecular formula is C22H25F3N4O2S. The zero-order chi connectivity index (χ0) is 23.3. The van der Waals surface area contributed by atoms with Crippen molar-refractivity contribution >= 4 is 33.8 Å². The molecule has 172 valence electrons. The van der Waals surface area contributed by atoms with Crippen LogP contribution in [0.3, 0.4) is 0 Å². The van der Waals surface area contributed by atoms with E-state index in [0.717, 1.165) is 36.4 Å². The summed E-state index contributed by atoms with van der Waals surface area (Å²) in [5.74, 6) is -0.0568. The average molecular weight is 467 g/mol. The van der Waals surface area contributed by atoms with Crippen LogP contribution in [0.25, 0.3) is 10.9 Å². The summed E-state index contributed by atoms with van der Waals surface area (Å²) in [4.78, 5) is 16.0. The third kappa shape index (κ3) is 4.66. The fourth-order valence-corrected chi connectivity index (χ4v) is 4.76. The molecule has 1 aliphatic rings. The Morgan fingerprint density at radius 1 is 1.22 bits per heavy atom. The van der Waals surface area contributed by atoms with Gasteiger partial charge in [-0.25, -0.2) is 4.98 Å². The fraction of sp³-hybridized carbons (Fsp3) is 0.500. The second kappa shape index (κ2) is 8.15. The molecule has 1 fully saturated rings. The summed E-state index contributed by atoms with van der Waals surface area (Å²) < 4.78 is 40.5. The van der Waals surface area contributed by atoms with Crippen LogP contribution in [0.15, 0.2) is 23.7 Å². The number of fused-ring (bicyclic) bond motifs is 1. The van der Waals surface area contributed by atoms with Gasteiger partial charge >= 0.3 is 6.18 Å². The minimum absolute atomic E-state index is 0.304. The van der Waals surface area contributed by atoms with E-state index in [1.807, 2.05) is 10.9 Å². The predicted octanol–water partition coefficient (Wildman–Crippen LogP) is 5.74. The number of rotatable bonds is 4. The van der Waals surface area contributed by atoms with E-state index in [0.29, 0.717) is 40.1 Å². The Morgan fingerprint density at radius 3 is 2.50 bits per heavy atom. The molecule has 32 heavy (non-hydrogen) atoms. The molecule has 0 atom stereocenters. The molecule has 0 spiro atoms. The summed E-state index contributed by atoms with van der Waals surface area (Å²) in [5.41, 5.74) is -0.205. The number of carbonyl (C=O) groups excluding carboxylic acids is 1. The lowest BCUT2D eigenvalue weighted by molar-refractivity contribution is -0.137. The first kappa shape index (κ1) is 22.7. The maximum atomic E-state index is 12.8. The van der Waals surface area contributed by atoms with Crippen LogP contribution in [0, 0.1) is 5.92 Å². The van der Waals surface area contributed by atoms with Crippen LogP contribution < -0.4 is 5.32 Å². The van der Waals surface area contributed by atoms with E-state index in [1.54, 1.807) is 26.0 Å². The average Bonchev–Trinajstić information content (AvgIpc) is 3.34. The maximum Gasteiger partial charge on any atom is 0.443 e. The van der Waals surface area contributed by atoms with Crippen molar-refractivity contribution in [3.8, 4) is 0 Å². The number of amides is 1. The topological polar surface area (TPSA) is 80.0 Å². The van der Waals surface area contributed by atoms with Crippen LogP contribution >= 0.6 is 11.3 Å². The maximum absolute atomic E-state index is 12.8. The second-order valence-electron chi connectivity index (χ2n) is 9.03. The van der Waals surface area contributed by atoms with Gasteiger partial charge in [-0.05, 0) is 57.6 Å². The first-order valence-electron chi connectivity index (χ1n) is 10.5. The van der Waals surface area contributed by atoms with Crippen molar-refractivity contribution < 1.29 is 23.1 Å². The molecule has 0 radical (unpaired) electrons. The van der Waals surface area contributed by atoms with Gasteiger partial charge in [-0.1, -0.05) is 6.92 Å². The first-order chi connectivity index (χ1) is 14.9. The van der Waals surface area contributed by atoms with E-state index in [1.165, 1.54) is 0 Å². The molecule has 1 saturated carbocycles. The van der Waals surface area contributed by atoms with E-state index in [2.05, 4.69) is 17.2 Å². The molecule has 0 unspecified atom stereocenters. The Hall–Kier alpha value is -2.46. The van der Waals surface area contributed by atoms with Gasteiger partial charge < -0.3 is 10.4 Å². The lowest BCUT2D eigenvalue weighted by atomic mass is 9.87. The Kier molecular flexibility index (Phi) is 5.79. The van der Waals surface area contributed by atoms with Crippen LogP contribution in [0.5, 0.6) is 0 Å². The zero-order valence-electron chi connectivity index (χ0n) is 18.0. The van der Waals surface area contributed by atoms with Gasteiger partial charge in [0.15, 0.2) is 5.01 Å². The van der Waals surface area contributed by atoms with Gasteiger partial charge in [0.25, 0.3) is 5.91 Å². The molecule has 6 nitrogen and oxygen atoms in total. The SMILES string of the molecule is CC(C)(O)c1cc2nn([C@H]3CC[C@H](C)CC3)cc2cc1NC(=O)c1csc(C(F)(F)F)n1. The number of halogens is 3. The van der Waals surface area contributed by atoms with Crippen molar-refractivity contribution in [3.63, 3.8) is 0 Å². The first-order valence-corrected chi connectivity index (χ1v) is 11.4. The highest BCUT2D eigenvalue weighted by molar-refractivity contribution is 7.10.